The van der Waals surface area contributed by atoms with E-state index in [-0.39, 0.29) is 0 Å². The summed E-state index contributed by atoms with van der Waals surface area (Å²) in [4.78, 5) is 6.66. The Morgan fingerprint density at radius 2 is 1.68 bits per heavy atom. The van der Waals surface area contributed by atoms with Gasteiger partial charge in [-0.05, 0) is 30.7 Å². The summed E-state index contributed by atoms with van der Waals surface area (Å²) in [6.45, 7) is 11.9. The van der Waals surface area contributed by atoms with E-state index in [4.69, 9.17) is 5.73 Å². The standard InChI is InChI=1S/C16H29N3/c1-13(2)6-9-19(10-7-14(3)4)16-5-8-18-12-15(16)11-17/h5,8,12-14H,6-7,9-11,17H2,1-4H3. The summed E-state index contributed by atoms with van der Waals surface area (Å²) in [5.41, 5.74) is 8.24. The van der Waals surface area contributed by atoms with Gasteiger partial charge in [0.2, 0.25) is 0 Å². The SMILES string of the molecule is CC(C)CCN(CCC(C)C)c1ccncc1CN. The van der Waals surface area contributed by atoms with Gasteiger partial charge < -0.3 is 10.6 Å². The van der Waals surface area contributed by atoms with Crippen LogP contribution in [0.2, 0.25) is 0 Å². The van der Waals surface area contributed by atoms with Gasteiger partial charge in [-0.15, -0.1) is 0 Å². The molecular weight excluding hydrogens is 234 g/mol. The van der Waals surface area contributed by atoms with Crippen molar-refractivity contribution in [2.75, 3.05) is 18.0 Å². The van der Waals surface area contributed by atoms with Gasteiger partial charge in [-0.1, -0.05) is 27.7 Å². The van der Waals surface area contributed by atoms with Crippen LogP contribution in [0.1, 0.15) is 46.1 Å². The van der Waals surface area contributed by atoms with Gasteiger partial charge in [0.25, 0.3) is 0 Å². The summed E-state index contributed by atoms with van der Waals surface area (Å²) in [5, 5.41) is 0. The summed E-state index contributed by atoms with van der Waals surface area (Å²) in [6.07, 6.45) is 6.19. The number of nitrogens with two attached hydrogens (primary N) is 1. The number of rotatable bonds is 8. The quantitative estimate of drug-likeness (QED) is 0.781. The molecule has 0 aliphatic rings. The summed E-state index contributed by atoms with van der Waals surface area (Å²) in [7, 11) is 0. The average molecular weight is 263 g/mol. The van der Waals surface area contributed by atoms with Crippen molar-refractivity contribution in [1.82, 2.24) is 4.98 Å². The van der Waals surface area contributed by atoms with Crippen LogP contribution in [-0.4, -0.2) is 18.1 Å². The van der Waals surface area contributed by atoms with E-state index in [1.807, 2.05) is 12.4 Å². The van der Waals surface area contributed by atoms with Gasteiger partial charge in [0.1, 0.15) is 0 Å². The summed E-state index contributed by atoms with van der Waals surface area (Å²) < 4.78 is 0. The zero-order valence-electron chi connectivity index (χ0n) is 12.9. The molecule has 1 heterocycles. The number of nitrogens with zero attached hydrogens (tertiary/aromatic N) is 2. The van der Waals surface area contributed by atoms with Crippen LogP contribution in [0.5, 0.6) is 0 Å². The largest absolute Gasteiger partial charge is 0.371 e. The van der Waals surface area contributed by atoms with Crippen LogP contribution >= 0.6 is 0 Å². The molecule has 0 saturated heterocycles. The smallest absolute Gasteiger partial charge is 0.0442 e. The Morgan fingerprint density at radius 1 is 1.11 bits per heavy atom. The van der Waals surface area contributed by atoms with Crippen molar-refractivity contribution in [3.8, 4) is 0 Å². The topological polar surface area (TPSA) is 42.2 Å². The third kappa shape index (κ3) is 5.60. The maximum Gasteiger partial charge on any atom is 0.0442 e. The van der Waals surface area contributed by atoms with Crippen molar-refractivity contribution in [3.63, 3.8) is 0 Å². The number of hydrogen-bond acceptors (Lipinski definition) is 3. The summed E-state index contributed by atoms with van der Waals surface area (Å²) >= 11 is 0. The molecule has 0 radical (unpaired) electrons. The zero-order chi connectivity index (χ0) is 14.3. The Balaban J connectivity index is 2.81. The van der Waals surface area contributed by atoms with E-state index in [0.717, 1.165) is 30.5 Å². The number of anilines is 1. The highest BCUT2D eigenvalue weighted by molar-refractivity contribution is 5.52. The highest BCUT2D eigenvalue weighted by Crippen LogP contribution is 2.21. The first kappa shape index (κ1) is 16.0. The highest BCUT2D eigenvalue weighted by atomic mass is 15.1. The maximum absolute atomic E-state index is 5.83. The first-order chi connectivity index (χ1) is 9.04. The molecule has 0 fully saturated rings. The van der Waals surface area contributed by atoms with E-state index < -0.39 is 0 Å². The Hall–Kier alpha value is -1.09. The Morgan fingerprint density at radius 3 is 2.16 bits per heavy atom. The van der Waals surface area contributed by atoms with E-state index in [1.54, 1.807) is 0 Å². The number of hydrogen-bond donors (Lipinski definition) is 1. The molecule has 1 aromatic rings. The molecule has 0 saturated carbocycles. The lowest BCUT2D eigenvalue weighted by Crippen LogP contribution is -2.29. The second kappa shape index (κ2) is 8.16. The van der Waals surface area contributed by atoms with Crippen molar-refractivity contribution in [2.24, 2.45) is 17.6 Å². The van der Waals surface area contributed by atoms with Gasteiger partial charge in [0.05, 0.1) is 0 Å². The lowest BCUT2D eigenvalue weighted by atomic mass is 10.1. The molecule has 0 aliphatic heterocycles. The van der Waals surface area contributed by atoms with E-state index in [1.165, 1.54) is 18.5 Å². The number of aromatic nitrogens is 1. The highest BCUT2D eigenvalue weighted by Gasteiger charge is 2.11. The molecule has 0 bridgehead atoms. The second-order valence-electron chi connectivity index (χ2n) is 6.06. The van der Waals surface area contributed by atoms with Crippen molar-refractivity contribution >= 4 is 5.69 Å². The minimum absolute atomic E-state index is 0.559. The molecule has 3 heteroatoms. The fourth-order valence-electron chi connectivity index (χ4n) is 2.07. The van der Waals surface area contributed by atoms with Crippen LogP contribution in [0.3, 0.4) is 0 Å². The van der Waals surface area contributed by atoms with Gasteiger partial charge in [-0.3, -0.25) is 4.98 Å². The first-order valence-corrected chi connectivity index (χ1v) is 7.42. The second-order valence-corrected chi connectivity index (χ2v) is 6.06. The Kier molecular flexibility index (Phi) is 6.85. The van der Waals surface area contributed by atoms with E-state index in [9.17, 15) is 0 Å². The van der Waals surface area contributed by atoms with Crippen LogP contribution in [0.15, 0.2) is 18.5 Å². The molecule has 0 unspecified atom stereocenters. The summed E-state index contributed by atoms with van der Waals surface area (Å²) in [5.74, 6) is 1.45. The molecule has 2 N–H and O–H groups in total. The molecule has 108 valence electrons. The van der Waals surface area contributed by atoms with Crippen LogP contribution in [0, 0.1) is 11.8 Å². The normalized spacial score (nSPS) is 11.3. The van der Waals surface area contributed by atoms with Crippen LogP contribution in [0.4, 0.5) is 5.69 Å². The first-order valence-electron chi connectivity index (χ1n) is 7.42. The minimum atomic E-state index is 0.559. The molecule has 0 atom stereocenters. The lowest BCUT2D eigenvalue weighted by Gasteiger charge is -2.28. The van der Waals surface area contributed by atoms with Crippen LogP contribution in [0.25, 0.3) is 0 Å². The van der Waals surface area contributed by atoms with Gasteiger partial charge in [-0.2, -0.15) is 0 Å². The molecule has 0 spiro atoms. The third-order valence-electron chi connectivity index (χ3n) is 3.39. The molecule has 1 aromatic heterocycles. The minimum Gasteiger partial charge on any atom is -0.371 e. The van der Waals surface area contributed by atoms with Gasteiger partial charge in [-0.25, -0.2) is 0 Å². The fourth-order valence-corrected chi connectivity index (χ4v) is 2.07. The van der Waals surface area contributed by atoms with Crippen LogP contribution in [-0.2, 0) is 6.54 Å². The van der Waals surface area contributed by atoms with Gasteiger partial charge in [0.15, 0.2) is 0 Å². The molecule has 19 heavy (non-hydrogen) atoms. The third-order valence-corrected chi connectivity index (χ3v) is 3.39. The zero-order valence-corrected chi connectivity index (χ0v) is 12.9. The van der Waals surface area contributed by atoms with Crippen LogP contribution < -0.4 is 10.6 Å². The molecule has 0 aliphatic carbocycles. The fraction of sp³-hybridized carbons (Fsp3) is 0.688. The van der Waals surface area contributed by atoms with Crippen molar-refractivity contribution in [3.05, 3.63) is 24.0 Å². The van der Waals surface area contributed by atoms with Gasteiger partial charge in [0, 0.05) is 43.3 Å². The lowest BCUT2D eigenvalue weighted by molar-refractivity contribution is 0.534. The Bertz CT molecular complexity index is 349. The molecule has 3 nitrogen and oxygen atoms in total. The molecule has 1 rings (SSSR count). The predicted molar refractivity (Wildman–Crippen MR) is 83.3 cm³/mol. The van der Waals surface area contributed by atoms with Crippen molar-refractivity contribution in [2.45, 2.75) is 47.1 Å². The predicted octanol–water partition coefficient (Wildman–Crippen LogP) is 3.44. The van der Waals surface area contributed by atoms with E-state index in [0.29, 0.717) is 6.54 Å². The van der Waals surface area contributed by atoms with E-state index in [2.05, 4.69) is 43.6 Å². The van der Waals surface area contributed by atoms with E-state index >= 15 is 0 Å². The molecule has 0 amide bonds. The van der Waals surface area contributed by atoms with Gasteiger partial charge >= 0.3 is 0 Å². The monoisotopic (exact) mass is 263 g/mol. The maximum atomic E-state index is 5.83. The Labute approximate surface area is 118 Å². The summed E-state index contributed by atoms with van der Waals surface area (Å²) in [6, 6.07) is 2.10. The van der Waals surface area contributed by atoms with Crippen molar-refractivity contribution in [1.29, 1.82) is 0 Å². The molecule has 0 aromatic carbocycles. The molecular formula is C16H29N3. The number of pyridine rings is 1. The van der Waals surface area contributed by atoms with Crippen molar-refractivity contribution < 1.29 is 0 Å². The average Bonchev–Trinajstić information content (AvgIpc) is 2.38.